The van der Waals surface area contributed by atoms with Crippen LogP contribution in [0.1, 0.15) is 21.6 Å². The molecule has 0 saturated carbocycles. The maximum absolute atomic E-state index is 12.9. The van der Waals surface area contributed by atoms with Gasteiger partial charge in [-0.25, -0.2) is 10.1 Å². The van der Waals surface area contributed by atoms with Crippen molar-refractivity contribution in [1.29, 1.82) is 0 Å². The van der Waals surface area contributed by atoms with Gasteiger partial charge in [-0.2, -0.15) is 23.0 Å². The number of carbonyl (C=O) groups is 1. The summed E-state index contributed by atoms with van der Waals surface area (Å²) >= 11 is 0. The Bertz CT molecular complexity index is 1430. The van der Waals surface area contributed by atoms with Gasteiger partial charge in [0.2, 0.25) is 18.4 Å². The van der Waals surface area contributed by atoms with Gasteiger partial charge in [-0.15, -0.1) is 5.10 Å². The summed E-state index contributed by atoms with van der Waals surface area (Å²) < 4.78 is 54.6. The van der Waals surface area contributed by atoms with Crippen molar-refractivity contribution in [1.82, 2.24) is 30.7 Å². The van der Waals surface area contributed by atoms with Crippen molar-refractivity contribution in [3.05, 3.63) is 59.3 Å². The Balaban J connectivity index is 1.44. The smallest absolute Gasteiger partial charge is 0.416 e. The number of carbonyl (C=O) groups excluding carboxylic acids is 1. The van der Waals surface area contributed by atoms with Gasteiger partial charge in [0.05, 0.1) is 11.8 Å². The molecular weight excluding hydrogens is 473 g/mol. The Morgan fingerprint density at radius 3 is 2.60 bits per heavy atom. The van der Waals surface area contributed by atoms with E-state index in [9.17, 15) is 18.0 Å². The molecule has 0 aliphatic carbocycles. The number of benzene rings is 2. The van der Waals surface area contributed by atoms with E-state index in [0.717, 1.165) is 16.8 Å². The molecule has 1 aliphatic rings. The second-order valence-corrected chi connectivity index (χ2v) is 7.06. The quantitative estimate of drug-likeness (QED) is 0.319. The molecule has 15 heteroatoms. The summed E-state index contributed by atoms with van der Waals surface area (Å²) in [5, 5.41) is 18.9. The van der Waals surface area contributed by atoms with Crippen LogP contribution in [0.4, 0.5) is 19.0 Å². The van der Waals surface area contributed by atoms with Gasteiger partial charge in [-0.1, -0.05) is 17.3 Å². The van der Waals surface area contributed by atoms with Crippen LogP contribution < -0.4 is 20.6 Å². The van der Waals surface area contributed by atoms with Gasteiger partial charge in [0, 0.05) is 5.56 Å². The lowest BCUT2D eigenvalue weighted by Gasteiger charge is -2.07. The van der Waals surface area contributed by atoms with Gasteiger partial charge >= 0.3 is 6.18 Å². The number of nitrogens with two attached hydrogens (primary N) is 1. The highest BCUT2D eigenvalue weighted by atomic mass is 19.4. The minimum absolute atomic E-state index is 0.00234. The summed E-state index contributed by atoms with van der Waals surface area (Å²) in [6.07, 6.45) is -3.27. The van der Waals surface area contributed by atoms with E-state index in [1.807, 2.05) is 0 Å². The van der Waals surface area contributed by atoms with E-state index in [4.69, 9.17) is 15.2 Å². The van der Waals surface area contributed by atoms with Crippen molar-refractivity contribution in [3.8, 4) is 28.6 Å². The molecule has 1 aliphatic heterocycles. The summed E-state index contributed by atoms with van der Waals surface area (Å²) in [7, 11) is 0. The van der Waals surface area contributed by atoms with Crippen molar-refractivity contribution in [2.45, 2.75) is 6.18 Å². The molecular formula is C20H13F3N8O4. The van der Waals surface area contributed by atoms with Crippen LogP contribution in [0.15, 0.2) is 52.2 Å². The highest BCUT2D eigenvalue weighted by Gasteiger charge is 2.30. The molecule has 0 unspecified atom stereocenters. The number of hydrogen-bond donors (Lipinski definition) is 2. The first-order valence-corrected chi connectivity index (χ1v) is 9.76. The number of fused-ring (bicyclic) bond motifs is 1. The molecule has 0 atom stereocenters. The normalized spacial score (nSPS) is 12.9. The Hall–Kier alpha value is -4.95. The predicted molar refractivity (Wildman–Crippen MR) is 112 cm³/mol. The number of nitrogens with zero attached hydrogens (tertiary/aromatic N) is 6. The predicted octanol–water partition coefficient (Wildman–Crippen LogP) is 2.41. The third kappa shape index (κ3) is 4.21. The number of halogens is 3. The molecule has 178 valence electrons. The monoisotopic (exact) mass is 486 g/mol. The largest absolute Gasteiger partial charge is 0.454 e. The Kier molecular flexibility index (Phi) is 5.27. The number of anilines is 1. The molecule has 0 fully saturated rings. The average Bonchev–Trinajstić information content (AvgIpc) is 3.57. The number of nitrogen functional groups attached to an aromatic ring is 1. The van der Waals surface area contributed by atoms with Crippen molar-refractivity contribution in [2.75, 3.05) is 12.5 Å². The molecule has 0 bridgehead atoms. The minimum Gasteiger partial charge on any atom is -0.454 e. The van der Waals surface area contributed by atoms with Gasteiger partial charge in [0.25, 0.3) is 5.91 Å². The molecule has 4 aromatic rings. The van der Waals surface area contributed by atoms with Gasteiger partial charge in [-0.3, -0.25) is 4.79 Å². The van der Waals surface area contributed by atoms with Gasteiger partial charge in [0.1, 0.15) is 5.69 Å². The van der Waals surface area contributed by atoms with Gasteiger partial charge < -0.3 is 15.2 Å². The van der Waals surface area contributed by atoms with Crippen LogP contribution in [0.25, 0.3) is 17.1 Å². The van der Waals surface area contributed by atoms with Crippen molar-refractivity contribution < 1.29 is 32.1 Å². The van der Waals surface area contributed by atoms with Crippen LogP contribution in [0, 0.1) is 0 Å². The van der Waals surface area contributed by atoms with E-state index in [-0.39, 0.29) is 29.8 Å². The fourth-order valence-electron chi connectivity index (χ4n) is 3.20. The lowest BCUT2D eigenvalue weighted by atomic mass is 10.1. The van der Waals surface area contributed by atoms with Crippen molar-refractivity contribution >= 4 is 17.9 Å². The third-order valence-electron chi connectivity index (χ3n) is 4.85. The number of hydrogen-bond acceptors (Lipinski definition) is 10. The number of ether oxygens (including phenoxy) is 2. The SMILES string of the molecule is Nc1nonc1-n1nnc(C(=O)N/N=C/c2ccc(C(F)(F)F)cc2)c1-c1ccc2c(c1)OCO2. The van der Waals surface area contributed by atoms with E-state index >= 15 is 0 Å². The van der Waals surface area contributed by atoms with E-state index in [1.54, 1.807) is 18.2 Å². The van der Waals surface area contributed by atoms with E-state index in [2.05, 4.69) is 35.8 Å². The molecule has 0 saturated heterocycles. The van der Waals surface area contributed by atoms with Crippen molar-refractivity contribution in [3.63, 3.8) is 0 Å². The first-order valence-electron chi connectivity index (χ1n) is 9.76. The Morgan fingerprint density at radius 1 is 1.11 bits per heavy atom. The topological polar surface area (TPSA) is 156 Å². The number of alkyl halides is 3. The second-order valence-electron chi connectivity index (χ2n) is 7.06. The number of aromatic nitrogens is 5. The van der Waals surface area contributed by atoms with E-state index in [1.165, 1.54) is 18.3 Å². The maximum Gasteiger partial charge on any atom is 0.416 e. The van der Waals surface area contributed by atoms with Crippen LogP contribution in [0.2, 0.25) is 0 Å². The van der Waals surface area contributed by atoms with Crippen molar-refractivity contribution in [2.24, 2.45) is 5.10 Å². The number of amides is 1. The number of nitrogens with one attached hydrogen (secondary N) is 1. The molecule has 5 rings (SSSR count). The number of hydrazone groups is 1. The van der Waals surface area contributed by atoms with E-state index < -0.39 is 17.6 Å². The lowest BCUT2D eigenvalue weighted by Crippen LogP contribution is -2.19. The summed E-state index contributed by atoms with van der Waals surface area (Å²) in [5.41, 5.74) is 8.06. The first kappa shape index (κ1) is 21.9. The molecule has 3 N–H and O–H groups in total. The van der Waals surface area contributed by atoms with Crippen LogP contribution in [-0.2, 0) is 6.18 Å². The molecule has 2 aromatic carbocycles. The minimum atomic E-state index is -4.45. The van der Waals surface area contributed by atoms with Crippen LogP contribution in [0.5, 0.6) is 11.5 Å². The molecule has 0 spiro atoms. The second kappa shape index (κ2) is 8.44. The van der Waals surface area contributed by atoms with E-state index in [0.29, 0.717) is 22.6 Å². The summed E-state index contributed by atoms with van der Waals surface area (Å²) in [6, 6.07) is 9.15. The molecule has 1 amide bonds. The van der Waals surface area contributed by atoms with Gasteiger partial charge in [0.15, 0.2) is 17.2 Å². The summed E-state index contributed by atoms with van der Waals surface area (Å²) in [5.74, 6) is 0.0967. The standard InChI is InChI=1S/C20H13F3N8O4/c21-20(22,23)12-4-1-10(2-5-12)8-25-27-19(32)15-16(11-3-6-13-14(7-11)34-9-33-13)31(30-26-15)18-17(24)28-35-29-18/h1-8H,9H2,(H2,24,28)(H,27,32)/b25-8+. The van der Waals surface area contributed by atoms with Crippen LogP contribution in [-0.4, -0.2) is 44.2 Å². The fourth-order valence-corrected chi connectivity index (χ4v) is 3.20. The van der Waals surface area contributed by atoms with Crippen LogP contribution >= 0.6 is 0 Å². The molecule has 0 radical (unpaired) electrons. The zero-order valence-electron chi connectivity index (χ0n) is 17.4. The summed E-state index contributed by atoms with van der Waals surface area (Å²) in [6.45, 7) is 0.0441. The lowest BCUT2D eigenvalue weighted by molar-refractivity contribution is -0.137. The summed E-state index contributed by atoms with van der Waals surface area (Å²) in [4.78, 5) is 12.9. The zero-order valence-corrected chi connectivity index (χ0v) is 17.4. The molecule has 2 aromatic heterocycles. The fraction of sp³-hybridized carbons (Fsp3) is 0.100. The first-order chi connectivity index (χ1) is 16.8. The van der Waals surface area contributed by atoms with Gasteiger partial charge in [-0.05, 0) is 46.2 Å². The highest BCUT2D eigenvalue weighted by molar-refractivity contribution is 5.99. The highest BCUT2D eigenvalue weighted by Crippen LogP contribution is 2.37. The number of rotatable bonds is 5. The maximum atomic E-state index is 12.9. The molecule has 3 heterocycles. The van der Waals surface area contributed by atoms with Crippen LogP contribution in [0.3, 0.4) is 0 Å². The Labute approximate surface area is 193 Å². The molecule has 35 heavy (non-hydrogen) atoms. The third-order valence-corrected chi connectivity index (χ3v) is 4.85. The Morgan fingerprint density at radius 2 is 1.89 bits per heavy atom. The molecule has 12 nitrogen and oxygen atoms in total. The average molecular weight is 486 g/mol. The zero-order chi connectivity index (χ0) is 24.6.